The van der Waals surface area contributed by atoms with E-state index < -0.39 is 23.4 Å². The zero-order valence-electron chi connectivity index (χ0n) is 32.3. The van der Waals surface area contributed by atoms with E-state index in [1.807, 2.05) is 6.08 Å². The minimum absolute atomic E-state index is 0.122. The van der Waals surface area contributed by atoms with Gasteiger partial charge in [-0.3, -0.25) is 0 Å². The van der Waals surface area contributed by atoms with E-state index >= 15 is 0 Å². The van der Waals surface area contributed by atoms with Crippen molar-refractivity contribution >= 4 is 40.7 Å². The van der Waals surface area contributed by atoms with Crippen LogP contribution in [0.15, 0.2) is 30.3 Å². The lowest BCUT2D eigenvalue weighted by Gasteiger charge is -2.61. The van der Waals surface area contributed by atoms with Gasteiger partial charge in [0, 0.05) is 0 Å². The average Bonchev–Trinajstić information content (AvgIpc) is 3.46. The van der Waals surface area contributed by atoms with Gasteiger partial charge in [0.15, 0.2) is 0 Å². The number of carbonyl (C=O) groups is 2. The molecule has 4 saturated carbocycles. The van der Waals surface area contributed by atoms with Gasteiger partial charge in [-0.25, -0.2) is 9.59 Å². The second-order valence-electron chi connectivity index (χ2n) is 18.3. The average molecular weight is 768 g/mol. The van der Waals surface area contributed by atoms with E-state index in [-0.39, 0.29) is 21.2 Å². The lowest BCUT2D eigenvalue weighted by atomic mass is 9.44. The molecule has 1 unspecified atom stereocenters. The molecule has 4 aliphatic carbocycles. The first-order valence-corrected chi connectivity index (χ1v) is 21.0. The third-order valence-electron chi connectivity index (χ3n) is 15.1. The number of halogens is 2. The number of phenols is 2. The Hall–Kier alpha value is -2.70. The molecule has 53 heavy (non-hydrogen) atoms. The molecule has 4 N–H and O–H groups in total. The Labute approximate surface area is 326 Å². The number of allylic oxidation sites excluding steroid dienone is 1. The number of carboxylic acids is 2. The zero-order chi connectivity index (χ0) is 38.4. The maximum atomic E-state index is 12.0. The van der Waals surface area contributed by atoms with Crippen molar-refractivity contribution in [3.63, 3.8) is 0 Å². The number of fused-ring (bicyclic) bond motifs is 5. The van der Waals surface area contributed by atoms with Crippen LogP contribution in [0.5, 0.6) is 11.5 Å². The predicted molar refractivity (Wildman–Crippen MR) is 213 cm³/mol. The quantitative estimate of drug-likeness (QED) is 0.171. The van der Waals surface area contributed by atoms with E-state index in [0.29, 0.717) is 39.9 Å². The molecule has 0 amide bonds. The van der Waals surface area contributed by atoms with E-state index in [4.69, 9.17) is 23.2 Å². The van der Waals surface area contributed by atoms with Gasteiger partial charge in [0.1, 0.15) is 22.6 Å². The number of carboxylic acid groups (broad SMARTS) is 2. The van der Waals surface area contributed by atoms with E-state index in [2.05, 4.69) is 34.6 Å². The summed E-state index contributed by atoms with van der Waals surface area (Å²) in [5.41, 5.74) is 1.58. The Bertz CT molecular complexity index is 1660. The van der Waals surface area contributed by atoms with Crippen LogP contribution < -0.4 is 0 Å². The van der Waals surface area contributed by atoms with Crippen LogP contribution in [0.3, 0.4) is 0 Å². The number of benzene rings is 2. The van der Waals surface area contributed by atoms with Crippen LogP contribution >= 0.6 is 23.2 Å². The molecule has 0 bridgehead atoms. The van der Waals surface area contributed by atoms with Gasteiger partial charge in [-0.05, 0) is 170 Å². The second-order valence-corrected chi connectivity index (χ2v) is 19.2. The van der Waals surface area contributed by atoms with Crippen molar-refractivity contribution in [3.8, 4) is 11.5 Å². The summed E-state index contributed by atoms with van der Waals surface area (Å²) in [6.45, 7) is 12.6. The topological polar surface area (TPSA) is 115 Å². The van der Waals surface area contributed by atoms with Crippen molar-refractivity contribution in [2.45, 2.75) is 125 Å². The number of aromatic hydroxyl groups is 2. The summed E-state index contributed by atoms with van der Waals surface area (Å²) in [5, 5.41) is 40.0. The number of hydrogen-bond donors (Lipinski definition) is 4. The van der Waals surface area contributed by atoms with Crippen molar-refractivity contribution in [1.29, 1.82) is 0 Å². The summed E-state index contributed by atoms with van der Waals surface area (Å²) in [4.78, 5) is 23.9. The van der Waals surface area contributed by atoms with Gasteiger partial charge in [0.2, 0.25) is 0 Å². The van der Waals surface area contributed by atoms with Gasteiger partial charge in [0.05, 0.1) is 10.0 Å². The summed E-state index contributed by atoms with van der Waals surface area (Å²) in [6.07, 6.45) is 19.8. The summed E-state index contributed by atoms with van der Waals surface area (Å²) in [5.74, 6) is 2.64. The first kappa shape index (κ1) is 40.0. The monoisotopic (exact) mass is 766 g/mol. The van der Waals surface area contributed by atoms with E-state index in [1.54, 1.807) is 0 Å². The molecule has 0 spiro atoms. The molecule has 0 aliphatic heterocycles. The third kappa shape index (κ3) is 7.75. The summed E-state index contributed by atoms with van der Waals surface area (Å²) >= 11 is 12.6. The van der Waals surface area contributed by atoms with Crippen LogP contribution in [0.1, 0.15) is 156 Å². The molecular weight excluding hydrogens is 707 g/mol. The van der Waals surface area contributed by atoms with Crippen molar-refractivity contribution in [2.75, 3.05) is 0 Å². The Kier molecular flexibility index (Phi) is 11.9. The summed E-state index contributed by atoms with van der Waals surface area (Å²) in [6, 6.07) is 5.65. The highest BCUT2D eigenvalue weighted by Gasteiger charge is 2.60. The molecule has 0 heterocycles. The standard InChI is InChI=1S/C45H60Cl2O6/c1-25(2)8-6-9-26(3)35-14-15-36-32-13-12-30-20-27(16-18-44(30,4)37(32)17-19-45(35,36)5)10-7-11-31(28-21-33(42(50)51)40(48)38(46)23-28)29-22-34(43(52)53)41(49)39(47)24-29/h11,21-27,30,32,35-37,48-49H,6-10,12-20H2,1-5H3,(H,50,51)(H,52,53)/t26-,27+,30?,32-,35-,36+,37+,44+,45-/m1/s1. The van der Waals surface area contributed by atoms with Gasteiger partial charge in [0.25, 0.3) is 0 Å². The SMILES string of the molecule is CC(C)CCC[C@@H](C)[C@H]1CC[C@H]2[C@H]3CCC4C[C@@H](CCC=C(c5cc(Cl)c(O)c(C(=O)O)c5)c5cc(Cl)c(O)c(C(=O)O)c5)CC[C@]4(C)[C@H]3CC[C@]12C. The Morgan fingerprint density at radius 3 is 1.96 bits per heavy atom. The van der Waals surface area contributed by atoms with Crippen LogP contribution in [0, 0.1) is 58.2 Å². The van der Waals surface area contributed by atoms with Crippen LogP contribution in [0.25, 0.3) is 5.57 Å². The first-order chi connectivity index (χ1) is 25.0. The molecule has 290 valence electrons. The minimum Gasteiger partial charge on any atom is -0.505 e. The predicted octanol–water partition coefficient (Wildman–Crippen LogP) is 12.8. The molecule has 4 fully saturated rings. The largest absolute Gasteiger partial charge is 0.505 e. The van der Waals surface area contributed by atoms with Gasteiger partial charge in [-0.1, -0.05) is 83.2 Å². The smallest absolute Gasteiger partial charge is 0.339 e. The summed E-state index contributed by atoms with van der Waals surface area (Å²) < 4.78 is 0. The van der Waals surface area contributed by atoms with Crippen LogP contribution in [-0.4, -0.2) is 32.4 Å². The minimum atomic E-state index is -1.33. The number of aromatic carboxylic acids is 2. The van der Waals surface area contributed by atoms with Crippen LogP contribution in [0.2, 0.25) is 10.0 Å². The third-order valence-corrected chi connectivity index (χ3v) is 15.7. The Morgan fingerprint density at radius 2 is 1.38 bits per heavy atom. The number of rotatable bonds is 12. The van der Waals surface area contributed by atoms with Crippen molar-refractivity contribution < 1.29 is 30.0 Å². The lowest BCUT2D eigenvalue weighted by molar-refractivity contribution is -0.121. The molecule has 0 aromatic heterocycles. The first-order valence-electron chi connectivity index (χ1n) is 20.3. The molecule has 0 radical (unpaired) electrons. The Morgan fingerprint density at radius 1 is 0.792 bits per heavy atom. The highest BCUT2D eigenvalue weighted by atomic mass is 35.5. The second kappa shape index (κ2) is 15.8. The lowest BCUT2D eigenvalue weighted by Crippen LogP contribution is -2.53. The normalized spacial score (nSPS) is 31.3. The zero-order valence-corrected chi connectivity index (χ0v) is 33.8. The molecule has 6 nitrogen and oxygen atoms in total. The molecule has 8 heteroatoms. The fourth-order valence-corrected chi connectivity index (χ4v) is 12.8. The molecular formula is C45H60Cl2O6. The van der Waals surface area contributed by atoms with E-state index in [0.717, 1.165) is 47.8 Å². The van der Waals surface area contributed by atoms with Gasteiger partial charge in [-0.15, -0.1) is 0 Å². The molecule has 2 aromatic rings. The van der Waals surface area contributed by atoms with Crippen LogP contribution in [-0.2, 0) is 0 Å². The molecule has 6 rings (SSSR count). The van der Waals surface area contributed by atoms with Gasteiger partial charge in [-0.2, -0.15) is 0 Å². The van der Waals surface area contributed by atoms with Crippen molar-refractivity contribution in [1.82, 2.24) is 0 Å². The van der Waals surface area contributed by atoms with E-state index in [1.165, 1.54) is 101 Å². The molecule has 2 aromatic carbocycles. The highest BCUT2D eigenvalue weighted by Crippen LogP contribution is 2.69. The van der Waals surface area contributed by atoms with Crippen LogP contribution in [0.4, 0.5) is 0 Å². The van der Waals surface area contributed by atoms with Crippen molar-refractivity contribution in [3.05, 3.63) is 62.6 Å². The van der Waals surface area contributed by atoms with E-state index in [9.17, 15) is 30.0 Å². The Balaban J connectivity index is 1.17. The maximum absolute atomic E-state index is 12.0. The molecule has 9 atom stereocenters. The molecule has 4 aliphatic rings. The molecule has 0 saturated heterocycles. The maximum Gasteiger partial charge on any atom is 0.339 e. The van der Waals surface area contributed by atoms with Crippen molar-refractivity contribution in [2.24, 2.45) is 58.2 Å². The fraction of sp³-hybridized carbons (Fsp3) is 0.644. The van der Waals surface area contributed by atoms with Gasteiger partial charge >= 0.3 is 11.9 Å². The highest BCUT2D eigenvalue weighted by molar-refractivity contribution is 6.33. The van der Waals surface area contributed by atoms with Gasteiger partial charge < -0.3 is 20.4 Å². The fourth-order valence-electron chi connectivity index (χ4n) is 12.3. The summed E-state index contributed by atoms with van der Waals surface area (Å²) in [7, 11) is 0. The number of hydrogen-bond acceptors (Lipinski definition) is 4.